The summed E-state index contributed by atoms with van der Waals surface area (Å²) in [7, 11) is 0. The minimum Gasteiger partial charge on any atom is -0.482 e. The molecular formula is C21H17N3O5. The Hall–Kier alpha value is -3.94. The van der Waals surface area contributed by atoms with Crippen LogP contribution >= 0.6 is 0 Å². The van der Waals surface area contributed by atoms with Crippen molar-refractivity contribution in [1.29, 1.82) is 0 Å². The van der Waals surface area contributed by atoms with Crippen LogP contribution in [0.15, 0.2) is 54.7 Å². The van der Waals surface area contributed by atoms with Gasteiger partial charge in [0, 0.05) is 17.5 Å². The number of aromatic nitrogens is 2. The van der Waals surface area contributed by atoms with Gasteiger partial charge in [-0.25, -0.2) is 9.48 Å². The van der Waals surface area contributed by atoms with E-state index in [1.807, 2.05) is 13.0 Å². The number of amides is 1. The van der Waals surface area contributed by atoms with E-state index in [0.29, 0.717) is 22.6 Å². The van der Waals surface area contributed by atoms with E-state index < -0.39 is 12.6 Å². The van der Waals surface area contributed by atoms with Gasteiger partial charge in [-0.05, 0) is 55.5 Å². The van der Waals surface area contributed by atoms with Gasteiger partial charge in [-0.2, -0.15) is 5.10 Å². The molecule has 3 aromatic rings. The first kappa shape index (κ1) is 18.4. The van der Waals surface area contributed by atoms with Gasteiger partial charge < -0.3 is 14.8 Å². The minimum atomic E-state index is -0.600. The number of aryl methyl sites for hydroxylation is 1. The molecule has 0 bridgehead atoms. The van der Waals surface area contributed by atoms with Crippen LogP contribution in [0.1, 0.15) is 26.4 Å². The number of ketones is 1. The Balaban J connectivity index is 1.39. The van der Waals surface area contributed by atoms with Crippen LogP contribution in [-0.4, -0.2) is 40.7 Å². The second-order valence-electron chi connectivity index (χ2n) is 6.48. The maximum Gasteiger partial charge on any atom is 0.338 e. The Morgan fingerprint density at radius 1 is 1.14 bits per heavy atom. The fourth-order valence-electron chi connectivity index (χ4n) is 2.93. The zero-order valence-electron chi connectivity index (χ0n) is 15.5. The monoisotopic (exact) mass is 391 g/mol. The lowest BCUT2D eigenvalue weighted by Gasteiger charge is -2.18. The van der Waals surface area contributed by atoms with Gasteiger partial charge in [-0.3, -0.25) is 9.59 Å². The number of anilines is 1. The van der Waals surface area contributed by atoms with Crippen molar-refractivity contribution in [2.24, 2.45) is 0 Å². The molecule has 2 aromatic carbocycles. The lowest BCUT2D eigenvalue weighted by atomic mass is 10.1. The molecular weight excluding hydrogens is 374 g/mol. The molecule has 0 spiro atoms. The Kier molecular flexibility index (Phi) is 4.82. The van der Waals surface area contributed by atoms with Crippen LogP contribution in [0, 0.1) is 6.92 Å². The molecule has 0 unspecified atom stereocenters. The first-order valence-electron chi connectivity index (χ1n) is 8.89. The lowest BCUT2D eigenvalue weighted by Crippen LogP contribution is -2.25. The summed E-state index contributed by atoms with van der Waals surface area (Å²) >= 11 is 0. The normalized spacial score (nSPS) is 12.5. The SMILES string of the molecule is Cc1ccnn1-c1ccc(C(=O)OCC(=O)c2ccc3c(c2)NC(=O)CO3)cc1. The van der Waals surface area contributed by atoms with Crippen molar-refractivity contribution in [2.75, 3.05) is 18.5 Å². The minimum absolute atomic E-state index is 0.0589. The standard InChI is InChI=1S/C21H17N3O5/c1-13-8-9-22-24(13)16-5-2-14(3-6-16)21(27)29-11-18(25)15-4-7-19-17(10-15)23-20(26)12-28-19/h2-10H,11-12H2,1H3,(H,23,26). The van der Waals surface area contributed by atoms with Crippen LogP contribution in [0.5, 0.6) is 5.75 Å². The quantitative estimate of drug-likeness (QED) is 0.530. The summed E-state index contributed by atoms with van der Waals surface area (Å²) in [4.78, 5) is 36.0. The number of benzene rings is 2. The molecule has 1 N–H and O–H groups in total. The fraction of sp³-hybridized carbons (Fsp3) is 0.143. The second-order valence-corrected chi connectivity index (χ2v) is 6.48. The maximum atomic E-state index is 12.4. The third kappa shape index (κ3) is 3.86. The van der Waals surface area contributed by atoms with Crippen LogP contribution in [0.2, 0.25) is 0 Å². The van der Waals surface area contributed by atoms with Gasteiger partial charge in [0.2, 0.25) is 0 Å². The summed E-state index contributed by atoms with van der Waals surface area (Å²) in [6.45, 7) is 1.46. The number of ether oxygens (including phenoxy) is 2. The zero-order valence-corrected chi connectivity index (χ0v) is 15.5. The van der Waals surface area contributed by atoms with Crippen molar-refractivity contribution in [3.8, 4) is 11.4 Å². The van der Waals surface area contributed by atoms with Crippen LogP contribution in [0.25, 0.3) is 5.69 Å². The molecule has 0 saturated carbocycles. The van der Waals surface area contributed by atoms with E-state index in [2.05, 4.69) is 10.4 Å². The predicted molar refractivity (Wildman–Crippen MR) is 103 cm³/mol. The van der Waals surface area contributed by atoms with Gasteiger partial charge in [0.05, 0.1) is 16.9 Å². The van der Waals surface area contributed by atoms with Gasteiger partial charge in [-0.1, -0.05) is 0 Å². The molecule has 146 valence electrons. The summed E-state index contributed by atoms with van der Waals surface area (Å²) in [5, 5.41) is 6.85. The highest BCUT2D eigenvalue weighted by molar-refractivity contribution is 6.02. The summed E-state index contributed by atoms with van der Waals surface area (Å²) < 4.78 is 12.1. The molecule has 29 heavy (non-hydrogen) atoms. The Morgan fingerprint density at radius 2 is 1.90 bits per heavy atom. The molecule has 1 aliphatic rings. The number of carbonyl (C=O) groups excluding carboxylic acids is 3. The number of nitrogens with one attached hydrogen (secondary N) is 1. The third-order valence-corrected chi connectivity index (χ3v) is 4.45. The van der Waals surface area contributed by atoms with E-state index in [1.165, 1.54) is 6.07 Å². The molecule has 8 nitrogen and oxygen atoms in total. The van der Waals surface area contributed by atoms with E-state index in [4.69, 9.17) is 9.47 Å². The highest BCUT2D eigenvalue weighted by Crippen LogP contribution is 2.28. The smallest absolute Gasteiger partial charge is 0.338 e. The average Bonchev–Trinajstić information content (AvgIpc) is 3.17. The number of rotatable bonds is 5. The second kappa shape index (κ2) is 7.59. The van der Waals surface area contributed by atoms with Crippen LogP contribution < -0.4 is 10.1 Å². The molecule has 0 fully saturated rings. The lowest BCUT2D eigenvalue weighted by molar-refractivity contribution is -0.118. The Labute approximate surface area is 166 Å². The summed E-state index contributed by atoms with van der Waals surface area (Å²) in [6, 6.07) is 13.3. The number of fused-ring (bicyclic) bond motifs is 1. The third-order valence-electron chi connectivity index (χ3n) is 4.45. The summed E-state index contributed by atoms with van der Waals surface area (Å²) in [6.07, 6.45) is 1.70. The average molecular weight is 391 g/mol. The molecule has 4 rings (SSSR count). The maximum absolute atomic E-state index is 12.4. The molecule has 1 amide bonds. The van der Waals surface area contributed by atoms with E-state index in [1.54, 1.807) is 47.3 Å². The van der Waals surface area contributed by atoms with Crippen molar-refractivity contribution in [3.05, 3.63) is 71.5 Å². The van der Waals surface area contributed by atoms with Gasteiger partial charge in [0.1, 0.15) is 5.75 Å². The van der Waals surface area contributed by atoms with E-state index in [9.17, 15) is 14.4 Å². The van der Waals surface area contributed by atoms with Gasteiger partial charge in [0.15, 0.2) is 19.0 Å². The topological polar surface area (TPSA) is 99.5 Å². The van der Waals surface area contributed by atoms with Gasteiger partial charge in [-0.15, -0.1) is 0 Å². The highest BCUT2D eigenvalue weighted by atomic mass is 16.5. The molecule has 0 saturated heterocycles. The number of carbonyl (C=O) groups is 3. The van der Waals surface area contributed by atoms with Crippen molar-refractivity contribution >= 4 is 23.3 Å². The van der Waals surface area contributed by atoms with Gasteiger partial charge >= 0.3 is 5.97 Å². The molecule has 8 heteroatoms. The highest BCUT2D eigenvalue weighted by Gasteiger charge is 2.19. The first-order valence-corrected chi connectivity index (χ1v) is 8.89. The molecule has 2 heterocycles. The largest absolute Gasteiger partial charge is 0.482 e. The molecule has 0 atom stereocenters. The summed E-state index contributed by atoms with van der Waals surface area (Å²) in [5.74, 6) is -0.783. The van der Waals surface area contributed by atoms with Crippen LogP contribution in [0.4, 0.5) is 5.69 Å². The Morgan fingerprint density at radius 3 is 2.62 bits per heavy atom. The molecule has 1 aromatic heterocycles. The van der Waals surface area contributed by atoms with Gasteiger partial charge in [0.25, 0.3) is 5.91 Å². The number of nitrogens with zero attached hydrogens (tertiary/aromatic N) is 2. The van der Waals surface area contributed by atoms with Crippen molar-refractivity contribution in [3.63, 3.8) is 0 Å². The van der Waals surface area contributed by atoms with Crippen LogP contribution in [-0.2, 0) is 9.53 Å². The number of hydrogen-bond acceptors (Lipinski definition) is 6. The van der Waals surface area contributed by atoms with E-state index in [0.717, 1.165) is 11.4 Å². The van der Waals surface area contributed by atoms with E-state index >= 15 is 0 Å². The Bertz CT molecular complexity index is 1100. The summed E-state index contributed by atoms with van der Waals surface area (Å²) in [5.41, 5.74) is 2.85. The number of hydrogen-bond donors (Lipinski definition) is 1. The van der Waals surface area contributed by atoms with Crippen molar-refractivity contribution in [2.45, 2.75) is 6.92 Å². The zero-order chi connectivity index (χ0) is 20.4. The fourth-order valence-corrected chi connectivity index (χ4v) is 2.93. The number of esters is 1. The molecule has 0 aliphatic carbocycles. The van der Waals surface area contributed by atoms with Crippen LogP contribution in [0.3, 0.4) is 0 Å². The van der Waals surface area contributed by atoms with E-state index in [-0.39, 0.29) is 18.3 Å². The van der Waals surface area contributed by atoms with Crippen molar-refractivity contribution < 1.29 is 23.9 Å². The molecule has 0 radical (unpaired) electrons. The number of Topliss-reactive ketones (excluding diaryl/α,β-unsaturated/α-hetero) is 1. The first-order chi connectivity index (χ1) is 14.0. The molecule has 1 aliphatic heterocycles. The van der Waals surface area contributed by atoms with Crippen molar-refractivity contribution in [1.82, 2.24) is 9.78 Å². The predicted octanol–water partition coefficient (Wildman–Crippen LogP) is 2.55.